The Kier molecular flexibility index (Phi) is 4.80. The molecular weight excluding hydrogens is 286 g/mol. The lowest BCUT2D eigenvalue weighted by molar-refractivity contribution is 0.266. The Balaban J connectivity index is 2.14. The third kappa shape index (κ3) is 3.72. The highest BCUT2D eigenvalue weighted by atomic mass is 19.2. The van der Waals surface area contributed by atoms with Crippen LogP contribution < -0.4 is 10.1 Å². The van der Waals surface area contributed by atoms with Crippen LogP contribution in [0.3, 0.4) is 0 Å². The van der Waals surface area contributed by atoms with Crippen LogP contribution in [0, 0.1) is 23.3 Å². The van der Waals surface area contributed by atoms with Crippen LogP contribution in [-0.4, -0.2) is 13.7 Å². The van der Waals surface area contributed by atoms with Crippen molar-refractivity contribution in [2.45, 2.75) is 6.04 Å². The van der Waals surface area contributed by atoms with E-state index in [2.05, 4.69) is 5.32 Å². The lowest BCUT2D eigenvalue weighted by Gasteiger charge is -2.18. The number of nitrogens with one attached hydrogen (secondary N) is 1. The molecule has 2 aromatic rings. The van der Waals surface area contributed by atoms with Crippen LogP contribution in [0.1, 0.15) is 11.6 Å². The summed E-state index contributed by atoms with van der Waals surface area (Å²) in [6, 6.07) is 5.88. The van der Waals surface area contributed by atoms with Crippen molar-refractivity contribution in [1.82, 2.24) is 5.32 Å². The zero-order valence-electron chi connectivity index (χ0n) is 11.2. The third-order valence-corrected chi connectivity index (χ3v) is 2.96. The average molecular weight is 299 g/mol. The molecule has 0 aromatic heterocycles. The lowest BCUT2D eigenvalue weighted by Crippen LogP contribution is -2.24. The summed E-state index contributed by atoms with van der Waals surface area (Å²) >= 11 is 0. The Morgan fingerprint density at radius 3 is 2.33 bits per heavy atom. The van der Waals surface area contributed by atoms with Gasteiger partial charge in [0.15, 0.2) is 11.6 Å². The molecule has 112 valence electrons. The van der Waals surface area contributed by atoms with Gasteiger partial charge in [-0.3, -0.25) is 0 Å². The van der Waals surface area contributed by atoms with E-state index in [1.807, 2.05) is 0 Å². The molecule has 1 N–H and O–H groups in total. The molecule has 1 unspecified atom stereocenters. The van der Waals surface area contributed by atoms with E-state index < -0.39 is 29.3 Å². The molecule has 0 radical (unpaired) electrons. The van der Waals surface area contributed by atoms with Crippen LogP contribution in [0.4, 0.5) is 17.6 Å². The van der Waals surface area contributed by atoms with Gasteiger partial charge in [0.2, 0.25) is 0 Å². The summed E-state index contributed by atoms with van der Waals surface area (Å²) in [5.41, 5.74) is 0.0781. The van der Waals surface area contributed by atoms with Gasteiger partial charge in [-0.2, -0.15) is 0 Å². The Morgan fingerprint density at radius 2 is 1.71 bits per heavy atom. The predicted octanol–water partition coefficient (Wildman–Crippen LogP) is 3.58. The number of ether oxygens (including phenoxy) is 1. The van der Waals surface area contributed by atoms with E-state index >= 15 is 0 Å². The largest absolute Gasteiger partial charge is 0.491 e. The van der Waals surface area contributed by atoms with Gasteiger partial charge in [0.25, 0.3) is 0 Å². The number of hydrogen-bond donors (Lipinski definition) is 1. The lowest BCUT2D eigenvalue weighted by atomic mass is 10.1. The molecule has 21 heavy (non-hydrogen) atoms. The number of likely N-dealkylation sites (N-methyl/N-ethyl adjacent to an activating group) is 1. The standard InChI is InChI=1S/C15H13F4NO/c1-20-14(12-3-2-4-13(18)15(12)19)8-21-11-6-9(16)5-10(17)7-11/h2-7,14,20H,8H2,1H3. The van der Waals surface area contributed by atoms with Crippen molar-refractivity contribution in [1.29, 1.82) is 0 Å². The molecule has 0 fully saturated rings. The molecule has 2 nitrogen and oxygen atoms in total. The van der Waals surface area contributed by atoms with Crippen molar-refractivity contribution in [2.75, 3.05) is 13.7 Å². The van der Waals surface area contributed by atoms with E-state index in [4.69, 9.17) is 4.74 Å². The fraction of sp³-hybridized carbons (Fsp3) is 0.200. The Labute approximate surface area is 119 Å². The molecular formula is C15H13F4NO. The minimum Gasteiger partial charge on any atom is -0.491 e. The molecule has 0 aliphatic carbocycles. The molecule has 0 saturated carbocycles. The second-order valence-corrected chi connectivity index (χ2v) is 4.40. The molecule has 1 atom stereocenters. The molecule has 6 heteroatoms. The maximum absolute atomic E-state index is 13.7. The van der Waals surface area contributed by atoms with Crippen molar-refractivity contribution in [3.05, 3.63) is 65.2 Å². The van der Waals surface area contributed by atoms with Crippen molar-refractivity contribution < 1.29 is 22.3 Å². The van der Waals surface area contributed by atoms with Crippen LogP contribution in [0.5, 0.6) is 5.75 Å². The highest BCUT2D eigenvalue weighted by Crippen LogP contribution is 2.21. The van der Waals surface area contributed by atoms with Crippen LogP contribution >= 0.6 is 0 Å². The summed E-state index contributed by atoms with van der Waals surface area (Å²) in [4.78, 5) is 0. The average Bonchev–Trinajstić information content (AvgIpc) is 2.43. The molecule has 0 aliphatic rings. The van der Waals surface area contributed by atoms with Gasteiger partial charge in [-0.1, -0.05) is 12.1 Å². The maximum atomic E-state index is 13.7. The van der Waals surface area contributed by atoms with E-state index in [9.17, 15) is 17.6 Å². The predicted molar refractivity (Wildman–Crippen MR) is 70.0 cm³/mol. The van der Waals surface area contributed by atoms with Crippen LogP contribution in [-0.2, 0) is 0 Å². The molecule has 0 bridgehead atoms. The molecule has 2 aromatic carbocycles. The molecule has 0 amide bonds. The molecule has 0 spiro atoms. The van der Waals surface area contributed by atoms with Gasteiger partial charge >= 0.3 is 0 Å². The number of rotatable bonds is 5. The van der Waals surface area contributed by atoms with Gasteiger partial charge < -0.3 is 10.1 Å². The first kappa shape index (κ1) is 15.3. The van der Waals surface area contributed by atoms with Gasteiger partial charge in [0.1, 0.15) is 24.0 Å². The summed E-state index contributed by atoms with van der Waals surface area (Å²) in [6.07, 6.45) is 0. The minimum absolute atomic E-state index is 0.0236. The molecule has 0 heterocycles. The Morgan fingerprint density at radius 1 is 1.05 bits per heavy atom. The van der Waals surface area contributed by atoms with Crippen LogP contribution in [0.15, 0.2) is 36.4 Å². The quantitative estimate of drug-likeness (QED) is 0.852. The maximum Gasteiger partial charge on any atom is 0.163 e. The zero-order valence-corrected chi connectivity index (χ0v) is 11.2. The van der Waals surface area contributed by atoms with Gasteiger partial charge in [-0.25, -0.2) is 17.6 Å². The molecule has 0 saturated heterocycles. The van der Waals surface area contributed by atoms with E-state index in [-0.39, 0.29) is 17.9 Å². The Bertz CT molecular complexity index is 613. The van der Waals surface area contributed by atoms with Crippen LogP contribution in [0.25, 0.3) is 0 Å². The monoisotopic (exact) mass is 299 g/mol. The number of benzene rings is 2. The summed E-state index contributed by atoms with van der Waals surface area (Å²) in [7, 11) is 1.55. The highest BCUT2D eigenvalue weighted by molar-refractivity contribution is 5.25. The van der Waals surface area contributed by atoms with E-state index in [0.717, 1.165) is 18.2 Å². The number of halogens is 4. The summed E-state index contributed by atoms with van der Waals surface area (Å²) in [6.45, 7) is -0.111. The highest BCUT2D eigenvalue weighted by Gasteiger charge is 2.17. The second kappa shape index (κ2) is 6.58. The fourth-order valence-corrected chi connectivity index (χ4v) is 1.91. The summed E-state index contributed by atoms with van der Waals surface area (Å²) in [5, 5.41) is 2.77. The van der Waals surface area contributed by atoms with Gasteiger partial charge in [-0.05, 0) is 13.1 Å². The third-order valence-electron chi connectivity index (χ3n) is 2.96. The van der Waals surface area contributed by atoms with Crippen LogP contribution in [0.2, 0.25) is 0 Å². The SMILES string of the molecule is CNC(COc1cc(F)cc(F)c1)c1cccc(F)c1F. The second-order valence-electron chi connectivity index (χ2n) is 4.40. The summed E-state index contributed by atoms with van der Waals surface area (Å²) in [5.74, 6) is -3.52. The molecule has 0 aliphatic heterocycles. The van der Waals surface area contributed by atoms with E-state index in [0.29, 0.717) is 6.07 Å². The fourth-order valence-electron chi connectivity index (χ4n) is 1.91. The van der Waals surface area contributed by atoms with Gasteiger partial charge in [0, 0.05) is 23.8 Å². The van der Waals surface area contributed by atoms with E-state index in [1.54, 1.807) is 7.05 Å². The van der Waals surface area contributed by atoms with E-state index in [1.165, 1.54) is 12.1 Å². The first-order valence-electron chi connectivity index (χ1n) is 6.21. The van der Waals surface area contributed by atoms with Crippen molar-refractivity contribution in [3.63, 3.8) is 0 Å². The van der Waals surface area contributed by atoms with Gasteiger partial charge in [-0.15, -0.1) is 0 Å². The topological polar surface area (TPSA) is 21.3 Å². The normalized spacial score (nSPS) is 12.2. The summed E-state index contributed by atoms with van der Waals surface area (Å²) < 4.78 is 58.2. The first-order valence-corrected chi connectivity index (χ1v) is 6.21. The number of hydrogen-bond acceptors (Lipinski definition) is 2. The zero-order chi connectivity index (χ0) is 15.4. The van der Waals surface area contributed by atoms with Crippen molar-refractivity contribution >= 4 is 0 Å². The van der Waals surface area contributed by atoms with Crippen molar-refractivity contribution in [3.8, 4) is 5.75 Å². The smallest absolute Gasteiger partial charge is 0.163 e. The van der Waals surface area contributed by atoms with Crippen molar-refractivity contribution in [2.24, 2.45) is 0 Å². The minimum atomic E-state index is -0.981. The molecule has 2 rings (SSSR count). The first-order chi connectivity index (χ1) is 10.0. The Hall–Kier alpha value is -2.08. The van der Waals surface area contributed by atoms with Gasteiger partial charge in [0.05, 0.1) is 6.04 Å².